The van der Waals surface area contributed by atoms with Gasteiger partial charge in [-0.05, 0) is 74.3 Å². The molecule has 11 nitrogen and oxygen atoms in total. The van der Waals surface area contributed by atoms with Crippen molar-refractivity contribution in [2.45, 2.75) is 78.0 Å². The lowest BCUT2D eigenvalue weighted by Gasteiger charge is -2.41. The number of hydrogen-bond acceptors (Lipinski definition) is 7. The molecule has 48 heavy (non-hydrogen) atoms. The lowest BCUT2D eigenvalue weighted by Crippen LogP contribution is -2.54. The van der Waals surface area contributed by atoms with E-state index in [1.165, 1.54) is 0 Å². The Morgan fingerprint density at radius 3 is 2.17 bits per heavy atom. The third kappa shape index (κ3) is 8.06. The summed E-state index contributed by atoms with van der Waals surface area (Å²) in [5.74, 6) is 0.701. The number of likely N-dealkylation sites (tertiary alicyclic amines) is 2. The van der Waals surface area contributed by atoms with Crippen LogP contribution in [0.4, 0.5) is 15.3 Å². The molecule has 6 rings (SSSR count). The van der Waals surface area contributed by atoms with Gasteiger partial charge in [-0.15, -0.1) is 0 Å². The molecule has 4 amide bonds. The Labute approximate surface area is 285 Å². The van der Waals surface area contributed by atoms with Crippen LogP contribution in [0.1, 0.15) is 55.4 Å². The van der Waals surface area contributed by atoms with Gasteiger partial charge in [0.25, 0.3) is 5.91 Å². The van der Waals surface area contributed by atoms with Crippen molar-refractivity contribution in [3.05, 3.63) is 58.7 Å². The third-order valence-electron chi connectivity index (χ3n) is 10.4. The Morgan fingerprint density at radius 1 is 0.875 bits per heavy atom. The Kier molecular flexibility index (Phi) is 11.9. The molecule has 262 valence electrons. The van der Waals surface area contributed by atoms with Crippen molar-refractivity contribution in [1.82, 2.24) is 24.9 Å². The van der Waals surface area contributed by atoms with Gasteiger partial charge in [-0.3, -0.25) is 9.69 Å². The number of piperazine rings is 1. The summed E-state index contributed by atoms with van der Waals surface area (Å²) in [4.78, 5) is 48.8. The molecule has 0 bridgehead atoms. The van der Waals surface area contributed by atoms with Crippen LogP contribution in [0.25, 0.3) is 0 Å². The minimum atomic E-state index is -0.918. The van der Waals surface area contributed by atoms with Gasteiger partial charge in [0.1, 0.15) is 5.75 Å². The van der Waals surface area contributed by atoms with Gasteiger partial charge in [0.2, 0.25) is 0 Å². The number of urea groups is 1. The van der Waals surface area contributed by atoms with E-state index < -0.39 is 12.2 Å². The summed E-state index contributed by atoms with van der Waals surface area (Å²) >= 11 is 0. The molecule has 0 radical (unpaired) electrons. The number of benzene rings is 2. The zero-order valence-corrected chi connectivity index (χ0v) is 28.1. The topological polar surface area (TPSA) is 107 Å². The fourth-order valence-corrected chi connectivity index (χ4v) is 7.87. The highest BCUT2D eigenvalue weighted by Gasteiger charge is 2.36. The number of ether oxygens (including phenoxy) is 2. The summed E-state index contributed by atoms with van der Waals surface area (Å²) in [6.07, 6.45) is 2.88. The molecule has 2 aromatic carbocycles. The minimum absolute atomic E-state index is 0. The van der Waals surface area contributed by atoms with Crippen LogP contribution < -0.4 is 15.4 Å². The fraction of sp³-hybridized carbons (Fsp3) is 0.595. The molecule has 4 aliphatic heterocycles. The smallest absolute Gasteiger partial charge is 0.410 e. The number of anilines is 1. The van der Waals surface area contributed by atoms with Crippen LogP contribution in [0.5, 0.6) is 5.75 Å². The number of para-hydroxylation sites is 1. The zero-order chi connectivity index (χ0) is 32.9. The molecular weight excluding hydrogens is 608 g/mol. The predicted molar refractivity (Wildman–Crippen MR) is 188 cm³/mol. The molecule has 2 N–H and O–H groups in total. The van der Waals surface area contributed by atoms with Crippen LogP contribution in [0.3, 0.4) is 0 Å². The Balaban J connectivity index is 0.00000451. The lowest BCUT2D eigenvalue weighted by atomic mass is 9.98. The molecule has 0 aromatic heterocycles. The highest BCUT2D eigenvalue weighted by atomic mass is 16.6. The molecule has 4 heterocycles. The number of rotatable bonds is 7. The normalized spacial score (nSPS) is 20.2. The molecule has 11 heteroatoms. The maximum Gasteiger partial charge on any atom is 0.410 e. The first-order valence-electron chi connectivity index (χ1n) is 17.3. The van der Waals surface area contributed by atoms with Crippen molar-refractivity contribution >= 4 is 23.7 Å². The number of aryl methyl sites for hydroxylation is 2. The third-order valence-corrected chi connectivity index (χ3v) is 10.4. The maximum atomic E-state index is 14.0. The van der Waals surface area contributed by atoms with E-state index in [-0.39, 0.29) is 25.4 Å². The molecule has 0 aliphatic carbocycles. The van der Waals surface area contributed by atoms with Crippen LogP contribution in [0, 0.1) is 13.8 Å². The fourth-order valence-electron chi connectivity index (χ4n) is 7.87. The highest BCUT2D eigenvalue weighted by molar-refractivity contribution is 5.91. The number of nitrogens with one attached hydrogen (secondary N) is 2. The number of hydrogen-bond donors (Lipinski definition) is 2. The highest BCUT2D eigenvalue weighted by Crippen LogP contribution is 2.28. The summed E-state index contributed by atoms with van der Waals surface area (Å²) in [6, 6.07) is 12.4. The summed E-state index contributed by atoms with van der Waals surface area (Å²) in [5, 5.41) is 6.48. The number of methoxy groups -OCH3 is 1. The average Bonchev–Trinajstić information content (AvgIpc) is 3.26. The van der Waals surface area contributed by atoms with Crippen molar-refractivity contribution in [1.29, 1.82) is 0 Å². The van der Waals surface area contributed by atoms with E-state index in [0.717, 1.165) is 79.1 Å². The van der Waals surface area contributed by atoms with E-state index in [9.17, 15) is 14.4 Å². The SMILES string of the molecule is C.COc1c(C)cc(C[C@@H](OC(=O)N2CCC(N3CCc4ccccc4NC3=O)CC2)C(=O)N2CCC(N3CCNCC3)CC2)cc1C. The van der Waals surface area contributed by atoms with Crippen molar-refractivity contribution in [2.24, 2.45) is 0 Å². The second-order valence-corrected chi connectivity index (χ2v) is 13.4. The zero-order valence-electron chi connectivity index (χ0n) is 28.1. The minimum Gasteiger partial charge on any atom is -0.496 e. The van der Waals surface area contributed by atoms with Gasteiger partial charge in [-0.2, -0.15) is 0 Å². The van der Waals surface area contributed by atoms with E-state index in [0.29, 0.717) is 58.0 Å². The first kappa shape index (κ1) is 35.5. The second kappa shape index (κ2) is 16.0. The predicted octanol–water partition coefficient (Wildman–Crippen LogP) is 4.45. The molecule has 3 saturated heterocycles. The quantitative estimate of drug-likeness (QED) is 0.452. The van der Waals surface area contributed by atoms with Crippen LogP contribution in [0.15, 0.2) is 36.4 Å². The van der Waals surface area contributed by atoms with Crippen LogP contribution in [-0.2, 0) is 22.4 Å². The van der Waals surface area contributed by atoms with E-state index in [4.69, 9.17) is 9.47 Å². The van der Waals surface area contributed by atoms with E-state index in [1.807, 2.05) is 54.0 Å². The number of piperidine rings is 2. The number of carbonyl (C=O) groups is 3. The molecule has 0 saturated carbocycles. The van der Waals surface area contributed by atoms with Crippen LogP contribution >= 0.6 is 0 Å². The second-order valence-electron chi connectivity index (χ2n) is 13.4. The monoisotopic (exact) mass is 662 g/mol. The van der Waals surface area contributed by atoms with Gasteiger partial charge < -0.3 is 34.8 Å². The molecule has 0 unspecified atom stereocenters. The van der Waals surface area contributed by atoms with Gasteiger partial charge >= 0.3 is 12.1 Å². The summed E-state index contributed by atoms with van der Waals surface area (Å²) < 4.78 is 11.7. The van der Waals surface area contributed by atoms with Gasteiger partial charge in [0, 0.05) is 83.1 Å². The number of nitrogens with zero attached hydrogens (tertiary/aromatic N) is 4. The summed E-state index contributed by atoms with van der Waals surface area (Å²) in [6.45, 7) is 11.0. The Bertz CT molecular complexity index is 1410. The van der Waals surface area contributed by atoms with Crippen molar-refractivity contribution < 1.29 is 23.9 Å². The van der Waals surface area contributed by atoms with E-state index in [2.05, 4.69) is 21.6 Å². The Hall–Kier alpha value is -3.83. The van der Waals surface area contributed by atoms with Crippen molar-refractivity contribution in [3.63, 3.8) is 0 Å². The number of carbonyl (C=O) groups excluding carboxylic acids is 3. The molecule has 4 aliphatic rings. The first-order chi connectivity index (χ1) is 22.8. The van der Waals surface area contributed by atoms with Crippen molar-refractivity contribution in [3.8, 4) is 5.75 Å². The molecule has 1 atom stereocenters. The standard InChI is InChI=1S/C36H50N6O5.CH4/c1-25-22-27(23-26(2)33(25)46-3)24-32(34(43)40-15-9-29(10-16-40)39-20-13-37-14-21-39)47-36(45)41-17-11-30(12-18-41)42-19-8-28-6-4-5-7-31(28)38-35(42)44;/h4-7,22-23,29-30,32,37H,8-21,24H2,1-3H3,(H,38,44);1H4/t32-;/m1./s1. The van der Waals surface area contributed by atoms with Gasteiger partial charge in [-0.1, -0.05) is 37.8 Å². The van der Waals surface area contributed by atoms with E-state index >= 15 is 0 Å². The Morgan fingerprint density at radius 2 is 1.50 bits per heavy atom. The maximum absolute atomic E-state index is 14.0. The van der Waals surface area contributed by atoms with Crippen molar-refractivity contribution in [2.75, 3.05) is 71.3 Å². The van der Waals surface area contributed by atoms with E-state index in [1.54, 1.807) is 12.0 Å². The molecular formula is C37H54N6O5. The van der Waals surface area contributed by atoms with Gasteiger partial charge in [0.15, 0.2) is 6.10 Å². The molecule has 0 spiro atoms. The first-order valence-corrected chi connectivity index (χ1v) is 17.3. The van der Waals surface area contributed by atoms with Gasteiger partial charge in [0.05, 0.1) is 7.11 Å². The number of fused-ring (bicyclic) bond motifs is 1. The molecule has 2 aromatic rings. The molecule has 3 fully saturated rings. The van der Waals surface area contributed by atoms with Gasteiger partial charge in [-0.25, -0.2) is 9.59 Å². The average molecular weight is 663 g/mol. The van der Waals surface area contributed by atoms with Crippen LogP contribution in [0.2, 0.25) is 0 Å². The lowest BCUT2D eigenvalue weighted by molar-refractivity contribution is -0.142. The van der Waals surface area contributed by atoms with Crippen LogP contribution in [-0.4, -0.2) is 122 Å². The summed E-state index contributed by atoms with van der Waals surface area (Å²) in [5.41, 5.74) is 4.91. The summed E-state index contributed by atoms with van der Waals surface area (Å²) in [7, 11) is 1.66. The largest absolute Gasteiger partial charge is 0.496 e. The number of amides is 4.